The van der Waals surface area contributed by atoms with Crippen molar-refractivity contribution in [1.29, 1.82) is 0 Å². The number of methoxy groups -OCH3 is 2. The van der Waals surface area contributed by atoms with Crippen molar-refractivity contribution in [3.63, 3.8) is 0 Å². The molecule has 4 rings (SSSR count). The predicted molar refractivity (Wildman–Crippen MR) is 125 cm³/mol. The fraction of sp³-hybridized carbons (Fsp3) is 0.160. The number of anilines is 1. The summed E-state index contributed by atoms with van der Waals surface area (Å²) < 4.78 is 43.4. The Labute approximate surface area is 192 Å². The minimum Gasteiger partial charge on any atom is -0.493 e. The summed E-state index contributed by atoms with van der Waals surface area (Å²) in [6.07, 6.45) is 0. The summed E-state index contributed by atoms with van der Waals surface area (Å²) in [5, 5.41) is 2.92. The standard InChI is InChI=1S/C25H24N2O5S/c1-17-9-12-20(13-10-17)33(28,29)25-24(26-16-18-7-5-4-6-8-18)32-23(27-25)19-11-14-21(30-2)22(15-19)31-3/h4-15,26H,16H2,1-3H3. The maximum atomic E-state index is 13.4. The number of aryl methyl sites for hydroxylation is 1. The van der Waals surface area contributed by atoms with E-state index in [9.17, 15) is 8.42 Å². The number of sulfone groups is 1. The van der Waals surface area contributed by atoms with Crippen LogP contribution in [0.2, 0.25) is 0 Å². The number of oxazole rings is 1. The first kappa shape index (κ1) is 22.4. The second-order valence-electron chi connectivity index (χ2n) is 7.38. The molecule has 0 saturated heterocycles. The molecule has 0 fully saturated rings. The van der Waals surface area contributed by atoms with Crippen molar-refractivity contribution < 1.29 is 22.3 Å². The van der Waals surface area contributed by atoms with Crippen molar-refractivity contribution in [2.75, 3.05) is 19.5 Å². The third kappa shape index (κ3) is 4.70. The molecule has 0 aliphatic rings. The lowest BCUT2D eigenvalue weighted by atomic mass is 10.2. The number of ether oxygens (including phenoxy) is 2. The van der Waals surface area contributed by atoms with Gasteiger partial charge in [0.2, 0.25) is 26.6 Å². The monoisotopic (exact) mass is 464 g/mol. The van der Waals surface area contributed by atoms with Crippen LogP contribution >= 0.6 is 0 Å². The van der Waals surface area contributed by atoms with Crippen LogP contribution in [0.15, 0.2) is 87.1 Å². The Morgan fingerprint density at radius 3 is 2.27 bits per heavy atom. The van der Waals surface area contributed by atoms with Gasteiger partial charge < -0.3 is 19.2 Å². The summed E-state index contributed by atoms with van der Waals surface area (Å²) in [6.45, 7) is 2.27. The Kier molecular flexibility index (Phi) is 6.37. The van der Waals surface area contributed by atoms with Gasteiger partial charge in [0.15, 0.2) is 11.5 Å². The second-order valence-corrected chi connectivity index (χ2v) is 9.24. The Morgan fingerprint density at radius 1 is 0.909 bits per heavy atom. The van der Waals surface area contributed by atoms with Gasteiger partial charge in [-0.15, -0.1) is 0 Å². The minimum atomic E-state index is -3.93. The van der Waals surface area contributed by atoms with Crippen LogP contribution in [0.1, 0.15) is 11.1 Å². The fourth-order valence-corrected chi connectivity index (χ4v) is 4.58. The highest BCUT2D eigenvalue weighted by Crippen LogP contribution is 2.36. The molecule has 0 saturated carbocycles. The lowest BCUT2D eigenvalue weighted by Crippen LogP contribution is -2.07. The smallest absolute Gasteiger partial charge is 0.234 e. The van der Waals surface area contributed by atoms with Gasteiger partial charge in [0.1, 0.15) is 0 Å². The lowest BCUT2D eigenvalue weighted by molar-refractivity contribution is 0.355. The van der Waals surface area contributed by atoms with Gasteiger partial charge in [-0.1, -0.05) is 48.0 Å². The molecule has 0 radical (unpaired) electrons. The number of rotatable bonds is 8. The third-order valence-electron chi connectivity index (χ3n) is 5.11. The quantitative estimate of drug-likeness (QED) is 0.387. The third-order valence-corrected chi connectivity index (χ3v) is 6.79. The van der Waals surface area contributed by atoms with Gasteiger partial charge in [0.05, 0.1) is 19.1 Å². The molecule has 3 aromatic carbocycles. The van der Waals surface area contributed by atoms with Gasteiger partial charge in [-0.2, -0.15) is 4.98 Å². The SMILES string of the molecule is COc1ccc(-c2nc(S(=O)(=O)c3ccc(C)cc3)c(NCc3ccccc3)o2)cc1OC. The highest BCUT2D eigenvalue weighted by atomic mass is 32.2. The topological polar surface area (TPSA) is 90.7 Å². The molecular formula is C25H24N2O5S. The van der Waals surface area contributed by atoms with Gasteiger partial charge in [-0.25, -0.2) is 8.42 Å². The average Bonchev–Trinajstić information content (AvgIpc) is 3.28. The summed E-state index contributed by atoms with van der Waals surface area (Å²) in [5.41, 5.74) is 2.49. The van der Waals surface area contributed by atoms with Crippen molar-refractivity contribution in [2.45, 2.75) is 23.4 Å². The Hall–Kier alpha value is -3.78. The van der Waals surface area contributed by atoms with Crippen LogP contribution in [0.5, 0.6) is 11.5 Å². The predicted octanol–water partition coefficient (Wildman–Crippen LogP) is 5.11. The first-order chi connectivity index (χ1) is 15.9. The number of aromatic nitrogens is 1. The first-order valence-corrected chi connectivity index (χ1v) is 11.7. The van der Waals surface area contributed by atoms with Crippen LogP contribution in [0, 0.1) is 6.92 Å². The molecule has 1 aromatic heterocycles. The van der Waals surface area contributed by atoms with Crippen LogP contribution in [0.3, 0.4) is 0 Å². The molecular weight excluding hydrogens is 440 g/mol. The summed E-state index contributed by atoms with van der Waals surface area (Å²) in [5.74, 6) is 1.25. The molecule has 7 nitrogen and oxygen atoms in total. The summed E-state index contributed by atoms with van der Waals surface area (Å²) in [4.78, 5) is 4.52. The molecule has 33 heavy (non-hydrogen) atoms. The van der Waals surface area contributed by atoms with E-state index in [1.54, 1.807) is 49.6 Å². The fourth-order valence-electron chi connectivity index (χ4n) is 3.30. The van der Waals surface area contributed by atoms with Gasteiger partial charge in [0.25, 0.3) is 0 Å². The molecule has 0 aliphatic heterocycles. The van der Waals surface area contributed by atoms with Crippen LogP contribution in [0.4, 0.5) is 5.88 Å². The number of hydrogen-bond donors (Lipinski definition) is 1. The minimum absolute atomic E-state index is 0.0733. The highest BCUT2D eigenvalue weighted by molar-refractivity contribution is 7.91. The molecule has 1 heterocycles. The summed E-state index contributed by atoms with van der Waals surface area (Å²) >= 11 is 0. The van der Waals surface area contributed by atoms with E-state index in [-0.39, 0.29) is 21.7 Å². The lowest BCUT2D eigenvalue weighted by Gasteiger charge is -2.07. The second kappa shape index (κ2) is 9.38. The molecule has 0 amide bonds. The van der Waals surface area contributed by atoms with Crippen molar-refractivity contribution >= 4 is 15.7 Å². The first-order valence-electron chi connectivity index (χ1n) is 10.2. The van der Waals surface area contributed by atoms with Gasteiger partial charge in [0, 0.05) is 12.1 Å². The van der Waals surface area contributed by atoms with Gasteiger partial charge in [-0.3, -0.25) is 0 Å². The summed E-state index contributed by atoms with van der Waals surface area (Å²) in [7, 11) is -0.862. The normalized spacial score (nSPS) is 11.2. The van der Waals surface area contributed by atoms with Crippen LogP contribution in [-0.2, 0) is 16.4 Å². The Bertz CT molecular complexity index is 1350. The zero-order valence-electron chi connectivity index (χ0n) is 18.5. The van der Waals surface area contributed by atoms with Gasteiger partial charge >= 0.3 is 0 Å². The van der Waals surface area contributed by atoms with Crippen LogP contribution in [0.25, 0.3) is 11.5 Å². The van der Waals surface area contributed by atoms with Crippen molar-refractivity contribution in [3.05, 3.63) is 83.9 Å². The molecule has 0 bridgehead atoms. The molecule has 4 aromatic rings. The van der Waals surface area contributed by atoms with Crippen LogP contribution < -0.4 is 14.8 Å². The van der Waals surface area contributed by atoms with Crippen molar-refractivity contribution in [1.82, 2.24) is 4.98 Å². The van der Waals surface area contributed by atoms with E-state index in [4.69, 9.17) is 13.9 Å². The molecule has 0 atom stereocenters. The molecule has 170 valence electrons. The van der Waals surface area contributed by atoms with E-state index in [2.05, 4.69) is 10.3 Å². The van der Waals surface area contributed by atoms with E-state index in [1.807, 2.05) is 37.3 Å². The van der Waals surface area contributed by atoms with Crippen LogP contribution in [-0.4, -0.2) is 27.6 Å². The van der Waals surface area contributed by atoms with E-state index in [1.165, 1.54) is 7.11 Å². The molecule has 1 N–H and O–H groups in total. The number of hydrogen-bond acceptors (Lipinski definition) is 7. The van der Waals surface area contributed by atoms with Crippen molar-refractivity contribution in [2.24, 2.45) is 0 Å². The van der Waals surface area contributed by atoms with E-state index >= 15 is 0 Å². The molecule has 0 aliphatic carbocycles. The van der Waals surface area contributed by atoms with Crippen molar-refractivity contribution in [3.8, 4) is 23.0 Å². The Morgan fingerprint density at radius 2 is 1.61 bits per heavy atom. The zero-order chi connectivity index (χ0) is 23.4. The number of benzene rings is 3. The average molecular weight is 465 g/mol. The number of nitrogens with one attached hydrogen (secondary N) is 1. The maximum absolute atomic E-state index is 13.4. The number of nitrogens with zero attached hydrogens (tertiary/aromatic N) is 1. The molecule has 8 heteroatoms. The maximum Gasteiger partial charge on any atom is 0.234 e. The van der Waals surface area contributed by atoms with E-state index in [0.717, 1.165) is 11.1 Å². The largest absolute Gasteiger partial charge is 0.493 e. The Balaban J connectivity index is 1.78. The van der Waals surface area contributed by atoms with E-state index in [0.29, 0.717) is 23.6 Å². The highest BCUT2D eigenvalue weighted by Gasteiger charge is 2.28. The van der Waals surface area contributed by atoms with E-state index < -0.39 is 9.84 Å². The molecule has 0 unspecified atom stereocenters. The molecule has 0 spiro atoms. The summed E-state index contributed by atoms with van der Waals surface area (Å²) in [6, 6.07) is 21.4. The van der Waals surface area contributed by atoms with Gasteiger partial charge in [-0.05, 0) is 42.8 Å². The zero-order valence-corrected chi connectivity index (χ0v) is 19.3.